The molecule has 3 aliphatic heterocycles. The first kappa shape index (κ1) is 16.9. The number of sulfonamides is 1. The first-order chi connectivity index (χ1) is 11.2. The van der Waals surface area contributed by atoms with Gasteiger partial charge in [0.2, 0.25) is 15.9 Å². The fraction of sp³-hybridized carbons (Fsp3) is 0.643. The van der Waals surface area contributed by atoms with Gasteiger partial charge in [0, 0.05) is 37.9 Å². The maximum atomic E-state index is 12.6. The number of hydrogen-bond acceptors (Lipinski definition) is 5. The van der Waals surface area contributed by atoms with Crippen molar-refractivity contribution in [2.24, 2.45) is 5.92 Å². The Morgan fingerprint density at radius 2 is 2.00 bits per heavy atom. The number of hydrogen-bond donors (Lipinski definition) is 1. The summed E-state index contributed by atoms with van der Waals surface area (Å²) in [6, 6.07) is 1.01. The molecule has 0 spiro atoms. The molecule has 3 fully saturated rings. The average molecular weight is 356 g/mol. The molecule has 0 saturated carbocycles. The molecule has 1 N–H and O–H groups in total. The molecule has 1 aromatic rings. The average Bonchev–Trinajstić information content (AvgIpc) is 2.81. The molecule has 132 valence electrons. The minimum Gasteiger partial charge on any atom is -0.337 e. The lowest BCUT2D eigenvalue weighted by molar-refractivity contribution is -0.136. The highest BCUT2D eigenvalue weighted by Crippen LogP contribution is 2.29. The maximum Gasteiger partial charge on any atom is 0.328 e. The number of amides is 1. The van der Waals surface area contributed by atoms with Crippen LogP contribution in [0.4, 0.5) is 0 Å². The van der Waals surface area contributed by atoms with Crippen LogP contribution in [-0.4, -0.2) is 65.0 Å². The number of carbonyl (C=O) groups excluding carboxylic acids is 1. The van der Waals surface area contributed by atoms with Crippen LogP contribution in [-0.2, 0) is 21.4 Å². The van der Waals surface area contributed by atoms with Gasteiger partial charge in [0.15, 0.2) is 0 Å². The molecule has 3 aliphatic rings. The van der Waals surface area contributed by atoms with Crippen molar-refractivity contribution in [2.75, 3.05) is 25.9 Å². The van der Waals surface area contributed by atoms with E-state index in [-0.39, 0.29) is 24.4 Å². The van der Waals surface area contributed by atoms with Crippen molar-refractivity contribution in [1.82, 2.24) is 18.8 Å². The van der Waals surface area contributed by atoms with Crippen LogP contribution in [0, 0.1) is 5.92 Å². The quantitative estimate of drug-likeness (QED) is 0.702. The SMILES string of the molecule is CS(=O)(=O)N1C[C@@H]2CC[C@H](C1)N(C(=O)Cn1ccc(=O)[nH]c1=O)C2. The van der Waals surface area contributed by atoms with E-state index in [0.717, 1.165) is 17.4 Å². The van der Waals surface area contributed by atoms with Crippen molar-refractivity contribution in [3.8, 4) is 0 Å². The van der Waals surface area contributed by atoms with Crippen LogP contribution in [0.25, 0.3) is 0 Å². The van der Waals surface area contributed by atoms with Crippen LogP contribution < -0.4 is 11.2 Å². The first-order valence-electron chi connectivity index (χ1n) is 7.78. The Morgan fingerprint density at radius 1 is 1.25 bits per heavy atom. The van der Waals surface area contributed by atoms with Crippen LogP contribution in [0.15, 0.2) is 21.9 Å². The molecule has 0 aliphatic carbocycles. The van der Waals surface area contributed by atoms with E-state index in [1.54, 1.807) is 4.90 Å². The number of nitrogens with zero attached hydrogens (tertiary/aromatic N) is 3. The van der Waals surface area contributed by atoms with E-state index in [4.69, 9.17) is 0 Å². The van der Waals surface area contributed by atoms with Crippen molar-refractivity contribution in [1.29, 1.82) is 0 Å². The number of aromatic nitrogens is 2. The Kier molecular flexibility index (Phi) is 4.35. The van der Waals surface area contributed by atoms with Crippen LogP contribution in [0.3, 0.4) is 0 Å². The lowest BCUT2D eigenvalue weighted by atomic mass is 9.95. The van der Waals surface area contributed by atoms with Crippen LogP contribution in [0.5, 0.6) is 0 Å². The smallest absolute Gasteiger partial charge is 0.328 e. The molecule has 10 heteroatoms. The van der Waals surface area contributed by atoms with E-state index >= 15 is 0 Å². The van der Waals surface area contributed by atoms with Gasteiger partial charge in [-0.25, -0.2) is 13.2 Å². The number of H-pyrrole nitrogens is 1. The topological polar surface area (TPSA) is 113 Å². The molecule has 4 rings (SSSR count). The number of rotatable bonds is 3. The molecule has 0 unspecified atom stereocenters. The van der Waals surface area contributed by atoms with Gasteiger partial charge in [0.25, 0.3) is 5.56 Å². The summed E-state index contributed by atoms with van der Waals surface area (Å²) in [5.74, 6) is -0.135. The zero-order valence-corrected chi connectivity index (χ0v) is 14.2. The predicted molar refractivity (Wildman–Crippen MR) is 86.0 cm³/mol. The first-order valence-corrected chi connectivity index (χ1v) is 9.63. The third-order valence-corrected chi connectivity index (χ3v) is 5.91. The largest absolute Gasteiger partial charge is 0.337 e. The highest BCUT2D eigenvalue weighted by molar-refractivity contribution is 7.88. The summed E-state index contributed by atoms with van der Waals surface area (Å²) in [4.78, 5) is 39.2. The molecule has 1 aromatic heterocycles. The van der Waals surface area contributed by atoms with E-state index < -0.39 is 21.3 Å². The van der Waals surface area contributed by atoms with Gasteiger partial charge in [-0.3, -0.25) is 19.1 Å². The normalized spacial score (nSPS) is 24.8. The van der Waals surface area contributed by atoms with Crippen molar-refractivity contribution in [3.05, 3.63) is 33.1 Å². The lowest BCUT2D eigenvalue weighted by Gasteiger charge is -2.36. The Hall–Kier alpha value is -1.94. The fourth-order valence-corrected chi connectivity index (χ4v) is 4.34. The number of piperidine rings is 1. The lowest BCUT2D eigenvalue weighted by Crippen LogP contribution is -2.49. The van der Waals surface area contributed by atoms with E-state index in [9.17, 15) is 22.8 Å². The third kappa shape index (κ3) is 3.44. The summed E-state index contributed by atoms with van der Waals surface area (Å²) in [5.41, 5.74) is -1.14. The van der Waals surface area contributed by atoms with Gasteiger partial charge in [-0.1, -0.05) is 0 Å². The maximum absolute atomic E-state index is 12.6. The summed E-state index contributed by atoms with van der Waals surface area (Å²) >= 11 is 0. The molecule has 0 radical (unpaired) electrons. The van der Waals surface area contributed by atoms with Crippen molar-refractivity contribution < 1.29 is 13.2 Å². The molecular formula is C14H20N4O5S. The van der Waals surface area contributed by atoms with Crippen LogP contribution in [0.1, 0.15) is 12.8 Å². The van der Waals surface area contributed by atoms with Gasteiger partial charge < -0.3 is 4.90 Å². The zero-order valence-electron chi connectivity index (χ0n) is 13.3. The molecule has 2 bridgehead atoms. The summed E-state index contributed by atoms with van der Waals surface area (Å²) in [5, 5.41) is 0. The van der Waals surface area contributed by atoms with Gasteiger partial charge in [0.05, 0.1) is 6.26 Å². The molecule has 0 aromatic carbocycles. The number of nitrogens with one attached hydrogen (secondary N) is 1. The van der Waals surface area contributed by atoms with Gasteiger partial charge in [-0.15, -0.1) is 0 Å². The van der Waals surface area contributed by atoms with Gasteiger partial charge >= 0.3 is 5.69 Å². The molecule has 1 amide bonds. The van der Waals surface area contributed by atoms with E-state index in [1.807, 2.05) is 0 Å². The Balaban J connectivity index is 1.78. The fourth-order valence-electron chi connectivity index (χ4n) is 3.42. The highest BCUT2D eigenvalue weighted by Gasteiger charge is 2.39. The second-order valence-electron chi connectivity index (χ2n) is 6.46. The second-order valence-corrected chi connectivity index (χ2v) is 8.44. The molecule has 3 saturated heterocycles. The number of carbonyl (C=O) groups is 1. The summed E-state index contributed by atoms with van der Waals surface area (Å²) < 4.78 is 26.3. The van der Waals surface area contributed by atoms with Crippen LogP contribution >= 0.6 is 0 Å². The second kappa shape index (κ2) is 6.17. The number of aromatic amines is 1. The standard InChI is InChI=1S/C14H20N4O5S/c1-24(22,23)17-6-10-2-3-11(8-17)18(7-10)13(20)9-16-5-4-12(19)15-14(16)21/h4-5,10-11H,2-3,6-9H2,1H3,(H,15,19,21)/t10-,11+/m0/s1. The van der Waals surface area contributed by atoms with Crippen molar-refractivity contribution in [3.63, 3.8) is 0 Å². The minimum atomic E-state index is -3.29. The molecule has 2 atom stereocenters. The highest BCUT2D eigenvalue weighted by atomic mass is 32.2. The Bertz CT molecular complexity index is 858. The van der Waals surface area contributed by atoms with Crippen LogP contribution in [0.2, 0.25) is 0 Å². The summed E-state index contributed by atoms with van der Waals surface area (Å²) in [6.07, 6.45) is 4.11. The predicted octanol–water partition coefficient (Wildman–Crippen LogP) is -1.58. The van der Waals surface area contributed by atoms with Crippen molar-refractivity contribution in [2.45, 2.75) is 25.4 Å². The third-order valence-electron chi connectivity index (χ3n) is 4.67. The van der Waals surface area contributed by atoms with Gasteiger partial charge in [0.1, 0.15) is 6.54 Å². The minimum absolute atomic E-state index is 0.106. The zero-order chi connectivity index (χ0) is 17.5. The van der Waals surface area contributed by atoms with Gasteiger partial charge in [-0.2, -0.15) is 4.31 Å². The monoisotopic (exact) mass is 356 g/mol. The molecular weight excluding hydrogens is 336 g/mol. The van der Waals surface area contributed by atoms with Gasteiger partial charge in [-0.05, 0) is 18.8 Å². The number of fused-ring (bicyclic) bond motifs is 4. The Labute approximate surface area is 138 Å². The molecule has 24 heavy (non-hydrogen) atoms. The van der Waals surface area contributed by atoms with E-state index in [2.05, 4.69) is 4.98 Å². The summed E-state index contributed by atoms with van der Waals surface area (Å²) in [7, 11) is -3.29. The molecule has 4 heterocycles. The Morgan fingerprint density at radius 3 is 2.67 bits per heavy atom. The van der Waals surface area contributed by atoms with E-state index in [1.165, 1.54) is 22.8 Å². The van der Waals surface area contributed by atoms with Crippen molar-refractivity contribution >= 4 is 15.9 Å². The summed E-state index contributed by atoms with van der Waals surface area (Å²) in [6.45, 7) is 1.05. The molecule has 9 nitrogen and oxygen atoms in total. The van der Waals surface area contributed by atoms with E-state index in [0.29, 0.717) is 19.6 Å².